The molecule has 0 amide bonds. The van der Waals surface area contributed by atoms with Crippen molar-refractivity contribution in [2.75, 3.05) is 27.9 Å². The van der Waals surface area contributed by atoms with Crippen LogP contribution in [0, 0.1) is 0 Å². The molecule has 0 unspecified atom stereocenters. The summed E-state index contributed by atoms with van der Waals surface area (Å²) in [6, 6.07) is 14.0. The first-order valence-electron chi connectivity index (χ1n) is 10.1. The van der Waals surface area contributed by atoms with Crippen LogP contribution < -0.4 is 14.2 Å². The van der Waals surface area contributed by atoms with E-state index >= 15 is 0 Å². The lowest BCUT2D eigenvalue weighted by Gasteiger charge is -2.19. The Morgan fingerprint density at radius 2 is 1.83 bits per heavy atom. The summed E-state index contributed by atoms with van der Waals surface area (Å²) in [5.74, 6) is 2.25. The van der Waals surface area contributed by atoms with E-state index < -0.39 is 0 Å². The minimum absolute atomic E-state index is 0.117. The van der Waals surface area contributed by atoms with Gasteiger partial charge in [0, 0.05) is 20.1 Å². The largest absolute Gasteiger partial charge is 0.497 e. The Morgan fingerprint density at radius 1 is 1.03 bits per heavy atom. The molecular formula is C23H31NO5. The van der Waals surface area contributed by atoms with E-state index in [1.165, 1.54) is 0 Å². The molecule has 0 N–H and O–H groups in total. The second-order valence-corrected chi connectivity index (χ2v) is 7.10. The van der Waals surface area contributed by atoms with Gasteiger partial charge in [0.25, 0.3) is 0 Å². The number of hydroxylamine groups is 2. The normalized spacial score (nSPS) is 19.3. The van der Waals surface area contributed by atoms with Crippen molar-refractivity contribution in [2.45, 2.75) is 45.1 Å². The summed E-state index contributed by atoms with van der Waals surface area (Å²) in [6.07, 6.45) is 2.74. The highest BCUT2D eigenvalue weighted by Crippen LogP contribution is 2.38. The molecule has 158 valence electrons. The molecule has 1 fully saturated rings. The van der Waals surface area contributed by atoms with Gasteiger partial charge in [-0.15, -0.1) is 0 Å². The minimum Gasteiger partial charge on any atom is -0.497 e. The molecule has 6 nitrogen and oxygen atoms in total. The first-order chi connectivity index (χ1) is 14.1. The maximum atomic E-state index is 5.98. The third kappa shape index (κ3) is 5.63. The molecule has 1 aliphatic heterocycles. The van der Waals surface area contributed by atoms with Crippen molar-refractivity contribution in [2.24, 2.45) is 0 Å². The number of methoxy groups -OCH3 is 2. The van der Waals surface area contributed by atoms with E-state index in [2.05, 4.69) is 13.0 Å². The van der Waals surface area contributed by atoms with Crippen LogP contribution in [-0.4, -0.2) is 39.2 Å². The van der Waals surface area contributed by atoms with Crippen LogP contribution in [-0.2, 0) is 16.2 Å². The molecule has 1 aliphatic rings. The van der Waals surface area contributed by atoms with Gasteiger partial charge in [0.2, 0.25) is 0 Å². The van der Waals surface area contributed by atoms with Crippen LogP contribution >= 0.6 is 0 Å². The molecule has 2 aromatic rings. The van der Waals surface area contributed by atoms with Crippen LogP contribution in [0.3, 0.4) is 0 Å². The summed E-state index contributed by atoms with van der Waals surface area (Å²) in [4.78, 5) is 5.83. The van der Waals surface area contributed by atoms with Gasteiger partial charge >= 0.3 is 0 Å². The second-order valence-electron chi connectivity index (χ2n) is 7.10. The molecule has 1 saturated heterocycles. The van der Waals surface area contributed by atoms with Crippen molar-refractivity contribution < 1.29 is 23.8 Å². The summed E-state index contributed by atoms with van der Waals surface area (Å²) in [6.45, 7) is 3.33. The molecule has 0 bridgehead atoms. The number of hydrogen-bond donors (Lipinski definition) is 0. The Labute approximate surface area is 173 Å². The van der Waals surface area contributed by atoms with E-state index in [1.807, 2.05) is 48.5 Å². The van der Waals surface area contributed by atoms with Crippen LogP contribution in [0.25, 0.3) is 0 Å². The number of rotatable bonds is 10. The maximum Gasteiger partial charge on any atom is 0.179 e. The number of nitrogens with zero attached hydrogens (tertiary/aromatic N) is 1. The van der Waals surface area contributed by atoms with Crippen LogP contribution in [0.5, 0.6) is 17.2 Å². The summed E-state index contributed by atoms with van der Waals surface area (Å²) in [5.41, 5.74) is 2.18. The first-order valence-corrected chi connectivity index (χ1v) is 10.1. The van der Waals surface area contributed by atoms with Gasteiger partial charge in [-0.25, -0.2) is 0 Å². The van der Waals surface area contributed by atoms with Crippen molar-refractivity contribution in [3.63, 3.8) is 0 Å². The zero-order valence-corrected chi connectivity index (χ0v) is 17.7. The predicted octanol–water partition coefficient (Wildman–Crippen LogP) is 4.73. The van der Waals surface area contributed by atoms with Crippen molar-refractivity contribution >= 4 is 0 Å². The Kier molecular flexibility index (Phi) is 7.75. The van der Waals surface area contributed by atoms with Gasteiger partial charge in [0.15, 0.2) is 17.8 Å². The van der Waals surface area contributed by atoms with E-state index in [9.17, 15) is 0 Å². The van der Waals surface area contributed by atoms with Crippen LogP contribution in [0.15, 0.2) is 42.5 Å². The Balaban J connectivity index is 1.63. The van der Waals surface area contributed by atoms with E-state index in [-0.39, 0.29) is 12.3 Å². The molecule has 3 rings (SSSR count). The number of benzene rings is 2. The second kappa shape index (κ2) is 10.5. The highest BCUT2D eigenvalue weighted by molar-refractivity contribution is 5.44. The fourth-order valence-corrected chi connectivity index (χ4v) is 3.33. The van der Waals surface area contributed by atoms with E-state index in [4.69, 9.17) is 23.8 Å². The molecule has 0 spiro atoms. The third-order valence-corrected chi connectivity index (χ3v) is 5.07. The average molecular weight is 402 g/mol. The van der Waals surface area contributed by atoms with Gasteiger partial charge in [-0.2, -0.15) is 5.06 Å². The molecule has 0 saturated carbocycles. The molecule has 2 aromatic carbocycles. The fraction of sp³-hybridized carbons (Fsp3) is 0.478. The Hall–Kier alpha value is -2.28. The molecule has 0 radical (unpaired) electrons. The lowest BCUT2D eigenvalue weighted by atomic mass is 10.0. The molecular weight excluding hydrogens is 370 g/mol. The summed E-state index contributed by atoms with van der Waals surface area (Å²) in [7, 11) is 5.25. The highest BCUT2D eigenvalue weighted by Gasteiger charge is 2.33. The molecule has 29 heavy (non-hydrogen) atoms. The number of ether oxygens (including phenoxy) is 4. The van der Waals surface area contributed by atoms with E-state index in [0.29, 0.717) is 18.1 Å². The van der Waals surface area contributed by atoms with E-state index in [1.54, 1.807) is 14.2 Å². The van der Waals surface area contributed by atoms with Gasteiger partial charge in [-0.3, -0.25) is 4.84 Å². The lowest BCUT2D eigenvalue weighted by molar-refractivity contribution is -0.229. The zero-order chi connectivity index (χ0) is 20.6. The zero-order valence-electron chi connectivity index (χ0n) is 17.7. The molecule has 2 atom stereocenters. The van der Waals surface area contributed by atoms with Crippen LogP contribution in [0.2, 0.25) is 0 Å². The summed E-state index contributed by atoms with van der Waals surface area (Å²) < 4.78 is 22.6. The molecule has 1 heterocycles. The molecule has 6 heteroatoms. The molecule has 0 aliphatic carbocycles. The van der Waals surface area contributed by atoms with Crippen molar-refractivity contribution in [3.8, 4) is 17.2 Å². The fourth-order valence-electron chi connectivity index (χ4n) is 3.33. The third-order valence-electron chi connectivity index (χ3n) is 5.07. The number of unbranched alkanes of at least 4 members (excludes halogenated alkanes) is 1. The van der Waals surface area contributed by atoms with Gasteiger partial charge in [-0.1, -0.05) is 31.5 Å². The van der Waals surface area contributed by atoms with Gasteiger partial charge < -0.3 is 18.9 Å². The highest BCUT2D eigenvalue weighted by atomic mass is 16.8. The quantitative estimate of drug-likeness (QED) is 0.536. The predicted molar refractivity (Wildman–Crippen MR) is 111 cm³/mol. The minimum atomic E-state index is -0.200. The summed E-state index contributed by atoms with van der Waals surface area (Å²) in [5, 5.41) is 1.86. The van der Waals surface area contributed by atoms with Crippen LogP contribution in [0.1, 0.15) is 43.4 Å². The van der Waals surface area contributed by atoms with Gasteiger partial charge in [0.1, 0.15) is 12.4 Å². The van der Waals surface area contributed by atoms with Gasteiger partial charge in [0.05, 0.1) is 20.3 Å². The van der Waals surface area contributed by atoms with Crippen molar-refractivity contribution in [1.82, 2.24) is 5.06 Å². The Morgan fingerprint density at radius 3 is 2.52 bits per heavy atom. The van der Waals surface area contributed by atoms with Crippen LogP contribution in [0.4, 0.5) is 0 Å². The Bertz CT molecular complexity index is 764. The maximum absolute atomic E-state index is 5.98. The topological polar surface area (TPSA) is 49.4 Å². The van der Waals surface area contributed by atoms with Gasteiger partial charge in [-0.05, 0) is 41.8 Å². The van der Waals surface area contributed by atoms with Crippen molar-refractivity contribution in [3.05, 3.63) is 53.6 Å². The lowest BCUT2D eigenvalue weighted by Crippen LogP contribution is -2.18. The molecule has 0 aromatic heterocycles. The number of hydrogen-bond acceptors (Lipinski definition) is 6. The van der Waals surface area contributed by atoms with Crippen molar-refractivity contribution in [1.29, 1.82) is 0 Å². The SMILES string of the molecule is CCCCO[C@@H]1C[C@H](c2ccc(OCc3ccc(OC)cc3)c(OC)c2)N(C)O1. The monoisotopic (exact) mass is 401 g/mol. The standard InChI is InChI=1S/C23H31NO5/c1-5-6-13-27-23-15-20(24(2)29-23)18-9-12-21(22(14-18)26-4)28-16-17-7-10-19(25-3)11-8-17/h7-12,14,20,23H,5-6,13,15-16H2,1-4H3/t20-,23+/m1/s1. The first kappa shape index (κ1) is 21.4. The van der Waals surface area contributed by atoms with E-state index in [0.717, 1.165) is 42.7 Å². The average Bonchev–Trinajstić information content (AvgIpc) is 3.13. The summed E-state index contributed by atoms with van der Waals surface area (Å²) >= 11 is 0. The smallest absolute Gasteiger partial charge is 0.179 e.